The molecule has 0 saturated carbocycles. The fraction of sp³-hybridized carbons (Fsp3) is 0.545. The predicted molar refractivity (Wildman–Crippen MR) is 68.1 cm³/mol. The number of nitrogens with zero attached hydrogens (tertiary/aromatic N) is 2. The van der Waals surface area contributed by atoms with Crippen LogP contribution in [0.3, 0.4) is 0 Å². The quantitative estimate of drug-likeness (QED) is 0.621. The van der Waals surface area contributed by atoms with E-state index in [0.29, 0.717) is 12.4 Å². The Morgan fingerprint density at radius 3 is 2.81 bits per heavy atom. The van der Waals surface area contributed by atoms with E-state index in [1.54, 1.807) is 18.4 Å². The Hall–Kier alpha value is -1.25. The third-order valence-electron chi connectivity index (χ3n) is 1.90. The Labute approximate surface area is 101 Å². The van der Waals surface area contributed by atoms with Crippen molar-refractivity contribution in [1.82, 2.24) is 10.3 Å². The highest BCUT2D eigenvalue weighted by Crippen LogP contribution is 2.29. The number of methoxy groups -OCH3 is 1. The zero-order chi connectivity index (χ0) is 12.0. The van der Waals surface area contributed by atoms with Crippen molar-refractivity contribution < 1.29 is 4.74 Å². The van der Waals surface area contributed by atoms with Gasteiger partial charge in [-0.15, -0.1) is 5.92 Å². The van der Waals surface area contributed by atoms with Crippen molar-refractivity contribution in [2.24, 2.45) is 0 Å². The molecule has 1 heterocycles. The number of anilines is 1. The van der Waals surface area contributed by atoms with Crippen LogP contribution in [0, 0.1) is 11.8 Å². The first kappa shape index (κ1) is 12.8. The lowest BCUT2D eigenvalue weighted by Gasteiger charge is -2.04. The molecule has 0 aliphatic carbocycles. The fourth-order valence-corrected chi connectivity index (χ4v) is 2.04. The van der Waals surface area contributed by atoms with Gasteiger partial charge in [-0.2, -0.15) is 4.98 Å². The van der Waals surface area contributed by atoms with Crippen LogP contribution in [0.4, 0.5) is 5.13 Å². The van der Waals surface area contributed by atoms with Gasteiger partial charge in [-0.3, -0.25) is 0 Å². The van der Waals surface area contributed by atoms with Crippen molar-refractivity contribution in [3.63, 3.8) is 0 Å². The van der Waals surface area contributed by atoms with E-state index in [4.69, 9.17) is 4.74 Å². The van der Waals surface area contributed by atoms with Crippen LogP contribution < -0.4 is 15.0 Å². The SMILES string of the molecule is CC#CCNCc1sc(N(C)C)nc1OC. The summed E-state index contributed by atoms with van der Waals surface area (Å²) < 4.78 is 5.23. The maximum atomic E-state index is 5.23. The second-order valence-electron chi connectivity index (χ2n) is 3.35. The average molecular weight is 239 g/mol. The van der Waals surface area contributed by atoms with Crippen molar-refractivity contribution in [1.29, 1.82) is 0 Å². The Bertz CT molecular complexity index is 390. The van der Waals surface area contributed by atoms with E-state index in [0.717, 1.165) is 16.6 Å². The van der Waals surface area contributed by atoms with Crippen LogP contribution >= 0.6 is 11.3 Å². The summed E-state index contributed by atoms with van der Waals surface area (Å²) >= 11 is 1.63. The molecule has 0 atom stereocenters. The number of thiazole rings is 1. The summed E-state index contributed by atoms with van der Waals surface area (Å²) in [4.78, 5) is 7.45. The van der Waals surface area contributed by atoms with Crippen molar-refractivity contribution in [2.75, 3.05) is 32.6 Å². The first-order chi connectivity index (χ1) is 7.69. The van der Waals surface area contributed by atoms with Crippen molar-refractivity contribution in [2.45, 2.75) is 13.5 Å². The molecule has 0 radical (unpaired) electrons. The van der Waals surface area contributed by atoms with Gasteiger partial charge < -0.3 is 15.0 Å². The molecule has 0 amide bonds. The lowest BCUT2D eigenvalue weighted by molar-refractivity contribution is 0.395. The summed E-state index contributed by atoms with van der Waals surface area (Å²) in [5.41, 5.74) is 0. The minimum absolute atomic E-state index is 0.689. The molecule has 0 bridgehead atoms. The molecule has 16 heavy (non-hydrogen) atoms. The van der Waals surface area contributed by atoms with Crippen LogP contribution in [-0.4, -0.2) is 32.7 Å². The standard InChI is InChI=1S/C11H17N3OS/c1-5-6-7-12-8-9-10(15-4)13-11(16-9)14(2)3/h12H,7-8H2,1-4H3. The van der Waals surface area contributed by atoms with Crippen LogP contribution in [0.25, 0.3) is 0 Å². The number of rotatable bonds is 5. The molecule has 1 N–H and O–H groups in total. The van der Waals surface area contributed by atoms with Gasteiger partial charge in [0.1, 0.15) is 0 Å². The zero-order valence-corrected chi connectivity index (χ0v) is 10.9. The van der Waals surface area contributed by atoms with Crippen LogP contribution in [0.2, 0.25) is 0 Å². The molecule has 0 aliphatic heterocycles. The highest BCUT2D eigenvalue weighted by molar-refractivity contribution is 7.15. The third kappa shape index (κ3) is 3.40. The number of ether oxygens (including phenoxy) is 1. The first-order valence-electron chi connectivity index (χ1n) is 5.00. The van der Waals surface area contributed by atoms with Gasteiger partial charge in [-0.1, -0.05) is 17.3 Å². The normalized spacial score (nSPS) is 9.50. The van der Waals surface area contributed by atoms with E-state index < -0.39 is 0 Å². The Morgan fingerprint density at radius 2 is 2.25 bits per heavy atom. The lowest BCUT2D eigenvalue weighted by Crippen LogP contribution is -2.12. The average Bonchev–Trinajstić information content (AvgIpc) is 2.68. The molecule has 5 heteroatoms. The van der Waals surface area contributed by atoms with Crippen LogP contribution in [0.15, 0.2) is 0 Å². The molecule has 4 nitrogen and oxygen atoms in total. The van der Waals surface area contributed by atoms with E-state index in [-0.39, 0.29) is 0 Å². The fourth-order valence-electron chi connectivity index (χ4n) is 1.12. The summed E-state index contributed by atoms with van der Waals surface area (Å²) in [6, 6.07) is 0. The topological polar surface area (TPSA) is 37.4 Å². The molecule has 0 aromatic carbocycles. The molecule has 0 aliphatic rings. The summed E-state index contributed by atoms with van der Waals surface area (Å²) in [5.74, 6) is 6.50. The largest absolute Gasteiger partial charge is 0.480 e. The number of aromatic nitrogens is 1. The minimum Gasteiger partial charge on any atom is -0.480 e. The third-order valence-corrected chi connectivity index (χ3v) is 3.11. The Kier molecular flexibility index (Phi) is 5.09. The lowest BCUT2D eigenvalue weighted by atomic mass is 10.5. The summed E-state index contributed by atoms with van der Waals surface area (Å²) in [6.45, 7) is 3.26. The maximum Gasteiger partial charge on any atom is 0.230 e. The minimum atomic E-state index is 0.689. The van der Waals surface area contributed by atoms with Crippen molar-refractivity contribution in [3.05, 3.63) is 4.88 Å². The van der Waals surface area contributed by atoms with Gasteiger partial charge in [0, 0.05) is 20.6 Å². The van der Waals surface area contributed by atoms with E-state index in [2.05, 4.69) is 22.1 Å². The molecular weight excluding hydrogens is 222 g/mol. The number of hydrogen-bond donors (Lipinski definition) is 1. The molecule has 0 unspecified atom stereocenters. The maximum absolute atomic E-state index is 5.23. The van der Waals surface area contributed by atoms with Gasteiger partial charge >= 0.3 is 0 Å². The molecule has 0 spiro atoms. The van der Waals surface area contributed by atoms with E-state index in [9.17, 15) is 0 Å². The van der Waals surface area contributed by atoms with Gasteiger partial charge in [0.2, 0.25) is 5.88 Å². The van der Waals surface area contributed by atoms with Crippen molar-refractivity contribution >= 4 is 16.5 Å². The predicted octanol–water partition coefficient (Wildman–Crippen LogP) is 1.33. The van der Waals surface area contributed by atoms with Crippen molar-refractivity contribution in [3.8, 4) is 17.7 Å². The summed E-state index contributed by atoms with van der Waals surface area (Å²) in [6.07, 6.45) is 0. The van der Waals surface area contributed by atoms with E-state index in [1.807, 2.05) is 25.9 Å². The van der Waals surface area contributed by atoms with Crippen LogP contribution in [0.1, 0.15) is 11.8 Å². The van der Waals surface area contributed by atoms with E-state index in [1.165, 1.54) is 0 Å². The monoisotopic (exact) mass is 239 g/mol. The molecule has 88 valence electrons. The highest BCUT2D eigenvalue weighted by atomic mass is 32.1. The molecule has 0 saturated heterocycles. The highest BCUT2D eigenvalue weighted by Gasteiger charge is 2.12. The van der Waals surface area contributed by atoms with Crippen LogP contribution in [-0.2, 0) is 6.54 Å². The van der Waals surface area contributed by atoms with Gasteiger partial charge in [0.15, 0.2) is 5.13 Å². The molecule has 1 aromatic rings. The molecule has 1 aromatic heterocycles. The van der Waals surface area contributed by atoms with Crippen LogP contribution in [0.5, 0.6) is 5.88 Å². The smallest absolute Gasteiger partial charge is 0.230 e. The summed E-state index contributed by atoms with van der Waals surface area (Å²) in [7, 11) is 5.58. The van der Waals surface area contributed by atoms with Gasteiger partial charge in [-0.25, -0.2) is 0 Å². The van der Waals surface area contributed by atoms with Gasteiger partial charge in [0.25, 0.3) is 0 Å². The molecule has 1 rings (SSSR count). The Morgan fingerprint density at radius 1 is 1.50 bits per heavy atom. The molecular formula is C11H17N3OS. The molecule has 0 fully saturated rings. The van der Waals surface area contributed by atoms with E-state index >= 15 is 0 Å². The second-order valence-corrected chi connectivity index (χ2v) is 4.42. The van der Waals surface area contributed by atoms with Gasteiger partial charge in [0.05, 0.1) is 18.5 Å². The number of nitrogens with one attached hydrogen (secondary N) is 1. The first-order valence-corrected chi connectivity index (χ1v) is 5.82. The second kappa shape index (κ2) is 6.36. The summed E-state index contributed by atoms with van der Waals surface area (Å²) in [5, 5.41) is 4.18. The van der Waals surface area contributed by atoms with Gasteiger partial charge in [-0.05, 0) is 6.92 Å². The Balaban J connectivity index is 2.65. The zero-order valence-electron chi connectivity index (χ0n) is 10.1. The number of hydrogen-bond acceptors (Lipinski definition) is 5.